The lowest BCUT2D eigenvalue weighted by Crippen LogP contribution is -2.23. The highest BCUT2D eigenvalue weighted by Gasteiger charge is 2.30. The number of likely N-dealkylation sites (N-methyl/N-ethyl adjacent to an activating group) is 1. The number of benzene rings is 2. The maximum atomic E-state index is 12.4. The van der Waals surface area contributed by atoms with Crippen LogP contribution in [0.2, 0.25) is 0 Å². The third kappa shape index (κ3) is 3.36. The monoisotopic (exact) mass is 338 g/mol. The Bertz CT molecular complexity index is 854. The minimum Gasteiger partial charge on any atom is -0.508 e. The standard InChI is InChI=1S/C19H18N2O2S/c1-12-4-7-15(10-13(12)2)20-19-21(3)18(23)17(24-19)11-14-5-8-16(22)9-6-14/h4-11,22H,1-3H3. The topological polar surface area (TPSA) is 52.9 Å². The first-order chi connectivity index (χ1) is 11.4. The number of hydrogen-bond acceptors (Lipinski definition) is 4. The molecule has 0 saturated carbocycles. The minimum absolute atomic E-state index is 0.0735. The van der Waals surface area contributed by atoms with E-state index in [0.717, 1.165) is 11.3 Å². The number of nitrogens with zero attached hydrogens (tertiary/aromatic N) is 2. The lowest BCUT2D eigenvalue weighted by Gasteiger charge is -2.08. The quantitative estimate of drug-likeness (QED) is 0.833. The van der Waals surface area contributed by atoms with E-state index in [1.165, 1.54) is 22.9 Å². The molecule has 0 bridgehead atoms. The van der Waals surface area contributed by atoms with Gasteiger partial charge < -0.3 is 5.11 Å². The molecule has 1 saturated heterocycles. The molecule has 0 aromatic heterocycles. The molecular formula is C19H18N2O2S. The molecule has 0 unspecified atom stereocenters. The van der Waals surface area contributed by atoms with Crippen molar-refractivity contribution in [3.05, 3.63) is 64.1 Å². The molecule has 1 heterocycles. The fourth-order valence-electron chi connectivity index (χ4n) is 2.28. The molecule has 1 amide bonds. The molecule has 2 aromatic carbocycles. The molecule has 0 spiro atoms. The van der Waals surface area contributed by atoms with E-state index in [2.05, 4.69) is 11.9 Å². The van der Waals surface area contributed by atoms with E-state index in [4.69, 9.17) is 0 Å². The Morgan fingerprint density at radius 2 is 1.79 bits per heavy atom. The predicted molar refractivity (Wildman–Crippen MR) is 99.5 cm³/mol. The Hall–Kier alpha value is -2.53. The van der Waals surface area contributed by atoms with Crippen LogP contribution < -0.4 is 0 Å². The molecule has 122 valence electrons. The Kier molecular flexibility index (Phi) is 4.44. The van der Waals surface area contributed by atoms with Gasteiger partial charge in [0.15, 0.2) is 5.17 Å². The van der Waals surface area contributed by atoms with Crippen LogP contribution in [-0.2, 0) is 4.79 Å². The first kappa shape index (κ1) is 16.3. The number of aromatic hydroxyl groups is 1. The van der Waals surface area contributed by atoms with Crippen molar-refractivity contribution in [2.75, 3.05) is 7.05 Å². The van der Waals surface area contributed by atoms with Gasteiger partial charge in [-0.1, -0.05) is 18.2 Å². The summed E-state index contributed by atoms with van der Waals surface area (Å²) in [5.74, 6) is 0.132. The summed E-state index contributed by atoms with van der Waals surface area (Å²) in [5, 5.41) is 10.00. The molecule has 4 nitrogen and oxygen atoms in total. The van der Waals surface area contributed by atoms with E-state index in [1.54, 1.807) is 36.2 Å². The second-order valence-electron chi connectivity index (χ2n) is 5.73. The fraction of sp³-hybridized carbons (Fsp3) is 0.158. The van der Waals surface area contributed by atoms with E-state index in [-0.39, 0.29) is 11.7 Å². The third-order valence-electron chi connectivity index (χ3n) is 3.91. The smallest absolute Gasteiger partial charge is 0.266 e. The summed E-state index contributed by atoms with van der Waals surface area (Å²) in [6.45, 7) is 4.11. The van der Waals surface area contributed by atoms with Crippen LogP contribution in [0.5, 0.6) is 5.75 Å². The highest BCUT2D eigenvalue weighted by atomic mass is 32.2. The Balaban J connectivity index is 1.89. The maximum Gasteiger partial charge on any atom is 0.266 e. The van der Waals surface area contributed by atoms with Crippen molar-refractivity contribution in [1.82, 2.24) is 4.90 Å². The molecule has 1 aliphatic heterocycles. The number of rotatable bonds is 2. The van der Waals surface area contributed by atoms with Crippen LogP contribution in [-0.4, -0.2) is 28.1 Å². The van der Waals surface area contributed by atoms with Gasteiger partial charge in [0.2, 0.25) is 0 Å². The van der Waals surface area contributed by atoms with Crippen LogP contribution in [0, 0.1) is 13.8 Å². The molecule has 2 aromatic rings. The summed E-state index contributed by atoms with van der Waals surface area (Å²) in [6, 6.07) is 12.7. The number of amides is 1. The average Bonchev–Trinajstić information content (AvgIpc) is 2.81. The second kappa shape index (κ2) is 6.53. The van der Waals surface area contributed by atoms with E-state index < -0.39 is 0 Å². The van der Waals surface area contributed by atoms with Crippen LogP contribution >= 0.6 is 11.8 Å². The van der Waals surface area contributed by atoms with Crippen LogP contribution in [0.15, 0.2) is 52.4 Å². The minimum atomic E-state index is -0.0735. The van der Waals surface area contributed by atoms with E-state index in [1.807, 2.05) is 31.2 Å². The van der Waals surface area contributed by atoms with Gasteiger partial charge in [-0.15, -0.1) is 0 Å². The summed E-state index contributed by atoms with van der Waals surface area (Å²) < 4.78 is 0. The molecule has 5 heteroatoms. The zero-order valence-electron chi connectivity index (χ0n) is 13.8. The Morgan fingerprint density at radius 3 is 2.46 bits per heavy atom. The van der Waals surface area contributed by atoms with Crippen LogP contribution in [0.25, 0.3) is 6.08 Å². The molecule has 0 radical (unpaired) electrons. The van der Waals surface area contributed by atoms with Crippen molar-refractivity contribution in [3.63, 3.8) is 0 Å². The molecule has 1 N–H and O–H groups in total. The number of aliphatic imine (C=N–C) groups is 1. The number of carbonyl (C=O) groups excluding carboxylic acids is 1. The first-order valence-corrected chi connectivity index (χ1v) is 8.38. The molecule has 0 atom stereocenters. The van der Waals surface area contributed by atoms with Crippen molar-refractivity contribution in [3.8, 4) is 5.75 Å². The lowest BCUT2D eigenvalue weighted by molar-refractivity contribution is -0.121. The molecular weight excluding hydrogens is 320 g/mol. The van der Waals surface area contributed by atoms with Gasteiger partial charge in [-0.25, -0.2) is 4.99 Å². The molecule has 0 aliphatic carbocycles. The maximum absolute atomic E-state index is 12.4. The zero-order valence-corrected chi connectivity index (χ0v) is 14.6. The number of carbonyl (C=O) groups is 1. The highest BCUT2D eigenvalue weighted by Crippen LogP contribution is 2.33. The van der Waals surface area contributed by atoms with Gasteiger partial charge in [0.05, 0.1) is 10.6 Å². The van der Waals surface area contributed by atoms with Gasteiger partial charge in [0.1, 0.15) is 5.75 Å². The fourth-order valence-corrected chi connectivity index (χ4v) is 3.27. The summed E-state index contributed by atoms with van der Waals surface area (Å²) in [6.07, 6.45) is 1.81. The second-order valence-corrected chi connectivity index (χ2v) is 6.74. The highest BCUT2D eigenvalue weighted by molar-refractivity contribution is 8.18. The van der Waals surface area contributed by atoms with Gasteiger partial charge in [-0.2, -0.15) is 0 Å². The summed E-state index contributed by atoms with van der Waals surface area (Å²) in [4.78, 5) is 19.2. The van der Waals surface area contributed by atoms with Crippen LogP contribution in [0.3, 0.4) is 0 Å². The van der Waals surface area contributed by atoms with Crippen molar-refractivity contribution in [2.24, 2.45) is 4.99 Å². The van der Waals surface area contributed by atoms with Crippen molar-refractivity contribution in [2.45, 2.75) is 13.8 Å². The largest absolute Gasteiger partial charge is 0.508 e. The molecule has 24 heavy (non-hydrogen) atoms. The number of aryl methyl sites for hydroxylation is 2. The number of amidine groups is 1. The van der Waals surface area contributed by atoms with Crippen molar-refractivity contribution in [1.29, 1.82) is 0 Å². The van der Waals surface area contributed by atoms with Gasteiger partial charge >= 0.3 is 0 Å². The van der Waals surface area contributed by atoms with E-state index >= 15 is 0 Å². The number of hydrogen-bond donors (Lipinski definition) is 1. The van der Waals surface area contributed by atoms with Gasteiger partial charge in [-0.3, -0.25) is 9.69 Å². The Morgan fingerprint density at radius 1 is 1.08 bits per heavy atom. The van der Waals surface area contributed by atoms with Crippen LogP contribution in [0.1, 0.15) is 16.7 Å². The normalized spacial score (nSPS) is 18.0. The SMILES string of the molecule is Cc1ccc(N=C2SC(=Cc3ccc(O)cc3)C(=O)N2C)cc1C. The van der Waals surface area contributed by atoms with Gasteiger partial charge in [-0.05, 0) is 72.6 Å². The summed E-state index contributed by atoms with van der Waals surface area (Å²) in [5.41, 5.74) is 4.10. The Labute approximate surface area is 145 Å². The van der Waals surface area contributed by atoms with Crippen molar-refractivity contribution < 1.29 is 9.90 Å². The van der Waals surface area contributed by atoms with E-state index in [0.29, 0.717) is 10.1 Å². The zero-order chi connectivity index (χ0) is 17.3. The third-order valence-corrected chi connectivity index (χ3v) is 4.97. The summed E-state index contributed by atoms with van der Waals surface area (Å²) >= 11 is 1.36. The van der Waals surface area contributed by atoms with Gasteiger partial charge in [0, 0.05) is 7.05 Å². The first-order valence-electron chi connectivity index (χ1n) is 7.56. The number of thioether (sulfide) groups is 1. The number of phenolic OH excluding ortho intramolecular Hbond substituents is 1. The average molecular weight is 338 g/mol. The molecule has 1 aliphatic rings. The van der Waals surface area contributed by atoms with Gasteiger partial charge in [0.25, 0.3) is 5.91 Å². The number of phenols is 1. The van der Waals surface area contributed by atoms with Crippen LogP contribution in [0.4, 0.5) is 5.69 Å². The van der Waals surface area contributed by atoms with E-state index in [9.17, 15) is 9.90 Å². The summed E-state index contributed by atoms with van der Waals surface area (Å²) in [7, 11) is 1.73. The predicted octanol–water partition coefficient (Wildman–Crippen LogP) is 4.24. The van der Waals surface area contributed by atoms with Crippen molar-refractivity contribution >= 4 is 34.6 Å². The molecule has 3 rings (SSSR count). The molecule has 1 fully saturated rings. The lowest BCUT2D eigenvalue weighted by atomic mass is 10.1.